The van der Waals surface area contributed by atoms with Crippen molar-refractivity contribution in [1.29, 1.82) is 0 Å². The summed E-state index contributed by atoms with van der Waals surface area (Å²) in [5.74, 6) is 1.68. The highest BCUT2D eigenvalue weighted by Crippen LogP contribution is 2.43. The van der Waals surface area contributed by atoms with E-state index in [1.54, 1.807) is 0 Å². The molecule has 126 valence electrons. The Kier molecular flexibility index (Phi) is 3.75. The van der Waals surface area contributed by atoms with E-state index < -0.39 is 0 Å². The number of aryl methyl sites for hydroxylation is 1. The normalized spacial score (nSPS) is 33.0. The molecule has 2 heterocycles. The fourth-order valence-corrected chi connectivity index (χ4v) is 4.43. The fourth-order valence-electron chi connectivity index (χ4n) is 4.43. The van der Waals surface area contributed by atoms with Gasteiger partial charge in [-0.2, -0.15) is 0 Å². The van der Waals surface area contributed by atoms with Crippen molar-refractivity contribution in [2.45, 2.75) is 56.9 Å². The highest BCUT2D eigenvalue weighted by atomic mass is 16.7. The minimum atomic E-state index is -0.207. The average Bonchev–Trinajstić information content (AvgIpc) is 3.13. The van der Waals surface area contributed by atoms with Gasteiger partial charge in [-0.1, -0.05) is 0 Å². The van der Waals surface area contributed by atoms with E-state index in [0.717, 1.165) is 50.3 Å². The summed E-state index contributed by atoms with van der Waals surface area (Å²) < 4.78 is 16.9. The van der Waals surface area contributed by atoms with Crippen LogP contribution in [0.25, 0.3) is 0 Å². The van der Waals surface area contributed by atoms with Crippen LogP contribution < -0.4 is 9.47 Å². The van der Waals surface area contributed by atoms with E-state index in [1.807, 2.05) is 7.11 Å². The molecule has 0 bridgehead atoms. The maximum Gasteiger partial charge on any atom is 0.231 e. The summed E-state index contributed by atoms with van der Waals surface area (Å²) in [6.45, 7) is 4.31. The maximum atomic E-state index is 10.1. The van der Waals surface area contributed by atoms with Gasteiger partial charge < -0.3 is 19.3 Å². The summed E-state index contributed by atoms with van der Waals surface area (Å²) >= 11 is 0. The Morgan fingerprint density at radius 3 is 2.87 bits per heavy atom. The Labute approximate surface area is 137 Å². The molecule has 1 aromatic carbocycles. The minimum absolute atomic E-state index is 0.0799. The summed E-state index contributed by atoms with van der Waals surface area (Å²) in [6, 6.07) is 4.46. The lowest BCUT2D eigenvalue weighted by Gasteiger charge is -2.42. The zero-order valence-corrected chi connectivity index (χ0v) is 13.9. The van der Waals surface area contributed by atoms with Gasteiger partial charge in [0, 0.05) is 26.2 Å². The van der Waals surface area contributed by atoms with Crippen molar-refractivity contribution in [3.8, 4) is 11.5 Å². The lowest BCUT2D eigenvalue weighted by molar-refractivity contribution is -0.0879. The van der Waals surface area contributed by atoms with Crippen LogP contribution in [0.4, 0.5) is 0 Å². The fraction of sp³-hybridized carbons (Fsp3) is 0.667. The van der Waals surface area contributed by atoms with E-state index in [2.05, 4.69) is 24.0 Å². The molecular weight excluding hydrogens is 294 g/mol. The Bertz CT molecular complexity index is 605. The number of likely N-dealkylation sites (tertiary alicyclic amines) is 1. The van der Waals surface area contributed by atoms with Crippen molar-refractivity contribution in [1.82, 2.24) is 4.90 Å². The summed E-state index contributed by atoms with van der Waals surface area (Å²) in [4.78, 5) is 2.47. The van der Waals surface area contributed by atoms with Gasteiger partial charge in [0.15, 0.2) is 11.5 Å². The van der Waals surface area contributed by atoms with Gasteiger partial charge in [-0.25, -0.2) is 0 Å². The minimum Gasteiger partial charge on any atom is -0.454 e. The van der Waals surface area contributed by atoms with E-state index in [9.17, 15) is 5.11 Å². The molecule has 5 nitrogen and oxygen atoms in total. The summed E-state index contributed by atoms with van der Waals surface area (Å²) in [5.41, 5.74) is 2.41. The number of aliphatic hydroxyl groups excluding tert-OH is 1. The number of fused-ring (bicyclic) bond motifs is 2. The predicted octanol–water partition coefficient (Wildman–Crippen LogP) is 2.23. The van der Waals surface area contributed by atoms with E-state index >= 15 is 0 Å². The molecule has 3 atom stereocenters. The first-order valence-corrected chi connectivity index (χ1v) is 8.48. The van der Waals surface area contributed by atoms with Gasteiger partial charge in [-0.3, -0.25) is 4.90 Å². The lowest BCUT2D eigenvalue weighted by Crippen LogP contribution is -2.51. The first-order valence-electron chi connectivity index (χ1n) is 8.48. The van der Waals surface area contributed by atoms with Crippen LogP contribution in [0, 0.1) is 6.92 Å². The molecule has 0 spiro atoms. The van der Waals surface area contributed by atoms with E-state index in [0.29, 0.717) is 12.8 Å². The number of nitrogens with zero attached hydrogens (tertiary/aromatic N) is 1. The molecule has 2 fully saturated rings. The summed E-state index contributed by atoms with van der Waals surface area (Å²) in [7, 11) is 1.82. The Morgan fingerprint density at radius 1 is 1.30 bits per heavy atom. The van der Waals surface area contributed by atoms with Crippen LogP contribution in [0.1, 0.15) is 36.8 Å². The van der Waals surface area contributed by atoms with Crippen molar-refractivity contribution >= 4 is 0 Å². The van der Waals surface area contributed by atoms with Gasteiger partial charge in [0.05, 0.1) is 11.7 Å². The molecule has 5 heteroatoms. The van der Waals surface area contributed by atoms with Crippen molar-refractivity contribution < 1.29 is 19.3 Å². The highest BCUT2D eigenvalue weighted by molar-refractivity contribution is 5.48. The van der Waals surface area contributed by atoms with E-state index in [1.165, 1.54) is 11.1 Å². The molecule has 1 saturated heterocycles. The molecule has 0 amide bonds. The quantitative estimate of drug-likeness (QED) is 0.926. The molecule has 23 heavy (non-hydrogen) atoms. The van der Waals surface area contributed by atoms with E-state index in [4.69, 9.17) is 14.2 Å². The number of methoxy groups -OCH3 is 1. The van der Waals surface area contributed by atoms with Crippen molar-refractivity contribution in [2.24, 2.45) is 0 Å². The van der Waals surface area contributed by atoms with Gasteiger partial charge >= 0.3 is 0 Å². The van der Waals surface area contributed by atoms with Crippen molar-refractivity contribution in [3.05, 3.63) is 23.3 Å². The second-order valence-corrected chi connectivity index (χ2v) is 7.07. The number of hydrogen-bond acceptors (Lipinski definition) is 5. The SMILES string of the molecule is CO[C@@]12CC[C@H](O)C[C@@H]1N(Cc1cc3c(cc1C)OCO3)CC2. The molecule has 1 aromatic rings. The van der Waals surface area contributed by atoms with Gasteiger partial charge in [0.1, 0.15) is 0 Å². The van der Waals surface area contributed by atoms with Crippen LogP contribution in [0.2, 0.25) is 0 Å². The number of aliphatic hydroxyl groups is 1. The van der Waals surface area contributed by atoms with Gasteiger partial charge in [-0.15, -0.1) is 0 Å². The molecule has 0 unspecified atom stereocenters. The van der Waals surface area contributed by atoms with Crippen molar-refractivity contribution in [2.75, 3.05) is 20.4 Å². The first-order chi connectivity index (χ1) is 11.1. The molecule has 3 aliphatic rings. The molecule has 1 N–H and O–H groups in total. The van der Waals surface area contributed by atoms with Crippen LogP contribution in [-0.4, -0.2) is 48.2 Å². The summed E-state index contributed by atoms with van der Waals surface area (Å²) in [5, 5.41) is 10.1. The van der Waals surface area contributed by atoms with Gasteiger partial charge in [-0.05, 0) is 55.9 Å². The monoisotopic (exact) mass is 319 g/mol. The van der Waals surface area contributed by atoms with Crippen LogP contribution in [0.5, 0.6) is 11.5 Å². The molecule has 1 aliphatic carbocycles. The molecule has 1 saturated carbocycles. The van der Waals surface area contributed by atoms with Crippen molar-refractivity contribution in [3.63, 3.8) is 0 Å². The molecular formula is C18H25NO4. The first kappa shape index (κ1) is 15.2. The zero-order valence-electron chi connectivity index (χ0n) is 13.9. The Hall–Kier alpha value is -1.30. The second-order valence-electron chi connectivity index (χ2n) is 7.07. The zero-order chi connectivity index (χ0) is 16.0. The number of benzene rings is 1. The number of hydrogen-bond donors (Lipinski definition) is 1. The molecule has 4 rings (SSSR count). The standard InChI is InChI=1S/C18H25NO4/c1-12-7-15-16(23-11-22-15)8-13(12)10-19-6-5-18(21-2)4-3-14(20)9-17(18)19/h7-8,14,17,20H,3-6,9-11H2,1-2H3/t14-,17-,18+/m0/s1. The number of rotatable bonds is 3. The molecule has 0 aromatic heterocycles. The summed E-state index contributed by atoms with van der Waals surface area (Å²) in [6.07, 6.45) is 3.44. The van der Waals surface area contributed by atoms with Crippen LogP contribution >= 0.6 is 0 Å². The lowest BCUT2D eigenvalue weighted by atomic mass is 9.79. The topological polar surface area (TPSA) is 51.2 Å². The third-order valence-electron chi connectivity index (χ3n) is 5.88. The molecule has 0 radical (unpaired) electrons. The third-order valence-corrected chi connectivity index (χ3v) is 5.88. The Balaban J connectivity index is 1.57. The largest absolute Gasteiger partial charge is 0.454 e. The van der Waals surface area contributed by atoms with Gasteiger partial charge in [0.2, 0.25) is 6.79 Å². The smallest absolute Gasteiger partial charge is 0.231 e. The average molecular weight is 319 g/mol. The highest BCUT2D eigenvalue weighted by Gasteiger charge is 2.50. The molecule has 2 aliphatic heterocycles. The van der Waals surface area contributed by atoms with Crippen LogP contribution in [0.3, 0.4) is 0 Å². The Morgan fingerprint density at radius 2 is 2.09 bits per heavy atom. The van der Waals surface area contributed by atoms with E-state index in [-0.39, 0.29) is 11.7 Å². The predicted molar refractivity (Wildman–Crippen MR) is 85.7 cm³/mol. The van der Waals surface area contributed by atoms with Gasteiger partial charge in [0.25, 0.3) is 0 Å². The van der Waals surface area contributed by atoms with Crippen LogP contribution in [-0.2, 0) is 11.3 Å². The third kappa shape index (κ3) is 2.51. The maximum absolute atomic E-state index is 10.1. The number of ether oxygens (including phenoxy) is 3. The van der Waals surface area contributed by atoms with Crippen LogP contribution in [0.15, 0.2) is 12.1 Å². The second kappa shape index (κ2) is 5.65.